The van der Waals surface area contributed by atoms with Gasteiger partial charge in [-0.15, -0.1) is 0 Å². The average Bonchev–Trinajstić information content (AvgIpc) is 2.68. The monoisotopic (exact) mass is 276 g/mol. The Morgan fingerprint density at radius 2 is 2.10 bits per heavy atom. The van der Waals surface area contributed by atoms with Crippen LogP contribution in [0, 0.1) is 6.92 Å². The van der Waals surface area contributed by atoms with E-state index in [1.165, 1.54) is 0 Å². The molecule has 0 radical (unpaired) electrons. The number of nitrogen functional groups attached to an aromatic ring is 1. The quantitative estimate of drug-likeness (QED) is 0.661. The molecule has 0 spiro atoms. The number of hydrogen-bond donors (Lipinski definition) is 2. The number of rotatable bonds is 3. The summed E-state index contributed by atoms with van der Waals surface area (Å²) in [6, 6.07) is 3.87. The summed E-state index contributed by atoms with van der Waals surface area (Å²) in [5, 5.41) is 0.899. The van der Waals surface area contributed by atoms with Crippen LogP contribution in [0.2, 0.25) is 0 Å². The van der Waals surface area contributed by atoms with Crippen LogP contribution in [0.25, 0.3) is 10.9 Å². The molecule has 2 aromatic rings. The molecule has 5 nitrogen and oxygen atoms in total. The molecule has 0 unspecified atom stereocenters. The Hall–Kier alpha value is -2.17. The number of hydrogen-bond acceptors (Lipinski definition) is 4. The van der Waals surface area contributed by atoms with Gasteiger partial charge in [-0.05, 0) is 31.4 Å². The van der Waals surface area contributed by atoms with Crippen molar-refractivity contribution < 1.29 is 14.3 Å². The molecule has 0 saturated carbocycles. The number of benzene rings is 1. The van der Waals surface area contributed by atoms with Crippen molar-refractivity contribution in [1.29, 1.82) is 0 Å². The van der Waals surface area contributed by atoms with Crippen molar-refractivity contribution in [2.75, 3.05) is 12.3 Å². The minimum Gasteiger partial charge on any atom is -0.434 e. The molecule has 0 bridgehead atoms. The van der Waals surface area contributed by atoms with Crippen LogP contribution in [-0.4, -0.2) is 17.7 Å². The summed E-state index contributed by atoms with van der Waals surface area (Å²) < 4.78 is 9.98. The zero-order valence-electron chi connectivity index (χ0n) is 12.2. The van der Waals surface area contributed by atoms with Crippen LogP contribution in [0.15, 0.2) is 12.1 Å². The van der Waals surface area contributed by atoms with Crippen LogP contribution >= 0.6 is 0 Å². The SMILES string of the molecule is CCOC(=O)Oc1[nH]c2c(C(C)C)ccc(N)c2c1C. The zero-order valence-corrected chi connectivity index (χ0v) is 12.2. The van der Waals surface area contributed by atoms with E-state index < -0.39 is 6.16 Å². The molecule has 0 fully saturated rings. The van der Waals surface area contributed by atoms with E-state index in [4.69, 9.17) is 15.2 Å². The van der Waals surface area contributed by atoms with E-state index in [0.717, 1.165) is 22.0 Å². The number of ether oxygens (including phenoxy) is 2. The Morgan fingerprint density at radius 1 is 1.40 bits per heavy atom. The molecule has 1 heterocycles. The van der Waals surface area contributed by atoms with Gasteiger partial charge in [0.25, 0.3) is 0 Å². The van der Waals surface area contributed by atoms with E-state index in [1.807, 2.05) is 19.1 Å². The van der Waals surface area contributed by atoms with Gasteiger partial charge in [-0.25, -0.2) is 4.79 Å². The van der Waals surface area contributed by atoms with E-state index in [1.54, 1.807) is 6.92 Å². The summed E-state index contributed by atoms with van der Waals surface area (Å²) in [5.74, 6) is 0.727. The molecule has 0 amide bonds. The second-order valence-electron chi connectivity index (χ2n) is 5.01. The van der Waals surface area contributed by atoms with E-state index in [2.05, 4.69) is 18.8 Å². The second kappa shape index (κ2) is 5.45. The minimum atomic E-state index is -0.716. The van der Waals surface area contributed by atoms with E-state index in [9.17, 15) is 4.79 Å². The number of aromatic amines is 1. The Morgan fingerprint density at radius 3 is 2.70 bits per heavy atom. The van der Waals surface area contributed by atoms with Gasteiger partial charge in [0.2, 0.25) is 5.88 Å². The number of nitrogens with one attached hydrogen (secondary N) is 1. The van der Waals surface area contributed by atoms with Crippen molar-refractivity contribution in [3.63, 3.8) is 0 Å². The number of carbonyl (C=O) groups excluding carboxylic acids is 1. The van der Waals surface area contributed by atoms with E-state index in [0.29, 0.717) is 17.5 Å². The molecule has 0 atom stereocenters. The summed E-state index contributed by atoms with van der Waals surface area (Å²) >= 11 is 0. The molecule has 20 heavy (non-hydrogen) atoms. The highest BCUT2D eigenvalue weighted by molar-refractivity contribution is 5.98. The van der Waals surface area contributed by atoms with E-state index >= 15 is 0 Å². The first kappa shape index (κ1) is 14.2. The lowest BCUT2D eigenvalue weighted by molar-refractivity contribution is 0.103. The lowest BCUT2D eigenvalue weighted by Gasteiger charge is -2.08. The topological polar surface area (TPSA) is 77.3 Å². The fraction of sp³-hybridized carbons (Fsp3) is 0.400. The summed E-state index contributed by atoms with van der Waals surface area (Å²) in [4.78, 5) is 14.6. The molecule has 0 aliphatic rings. The number of anilines is 1. The van der Waals surface area contributed by atoms with Crippen LogP contribution in [0.4, 0.5) is 10.5 Å². The maximum absolute atomic E-state index is 11.4. The standard InChI is InChI=1S/C15H20N2O3/c1-5-19-15(18)20-14-9(4)12-11(16)7-6-10(8(2)3)13(12)17-14/h6-8,17H,5,16H2,1-4H3. The van der Waals surface area contributed by atoms with Crippen LogP contribution in [-0.2, 0) is 4.74 Å². The normalized spacial score (nSPS) is 11.1. The van der Waals surface area contributed by atoms with Crippen molar-refractivity contribution in [1.82, 2.24) is 4.98 Å². The average molecular weight is 276 g/mol. The molecule has 3 N–H and O–H groups in total. The smallest absolute Gasteiger partial charge is 0.434 e. The van der Waals surface area contributed by atoms with Crippen molar-refractivity contribution in [3.8, 4) is 5.88 Å². The third kappa shape index (κ3) is 2.43. The Kier molecular flexibility index (Phi) is 3.88. The van der Waals surface area contributed by atoms with Gasteiger partial charge in [-0.2, -0.15) is 0 Å². The lowest BCUT2D eigenvalue weighted by atomic mass is 9.99. The third-order valence-electron chi connectivity index (χ3n) is 3.29. The van der Waals surface area contributed by atoms with Crippen molar-refractivity contribution >= 4 is 22.7 Å². The van der Waals surface area contributed by atoms with Crippen molar-refractivity contribution in [2.24, 2.45) is 0 Å². The third-order valence-corrected chi connectivity index (χ3v) is 3.29. The highest BCUT2D eigenvalue weighted by Gasteiger charge is 2.18. The lowest BCUT2D eigenvalue weighted by Crippen LogP contribution is -2.10. The molecular weight excluding hydrogens is 256 g/mol. The van der Waals surface area contributed by atoms with Gasteiger partial charge < -0.3 is 20.2 Å². The molecule has 0 saturated heterocycles. The number of carbonyl (C=O) groups is 1. The van der Waals surface area contributed by atoms with Gasteiger partial charge in [0.1, 0.15) is 0 Å². The summed E-state index contributed by atoms with van der Waals surface area (Å²) in [6.45, 7) is 8.08. The first-order valence-electron chi connectivity index (χ1n) is 6.71. The highest BCUT2D eigenvalue weighted by Crippen LogP contribution is 2.36. The maximum atomic E-state index is 11.4. The van der Waals surface area contributed by atoms with Gasteiger partial charge in [-0.3, -0.25) is 0 Å². The van der Waals surface area contributed by atoms with Gasteiger partial charge in [0.05, 0.1) is 12.1 Å². The predicted molar refractivity (Wildman–Crippen MR) is 79.2 cm³/mol. The Bertz CT molecular complexity index is 644. The van der Waals surface area contributed by atoms with Crippen LogP contribution in [0.1, 0.15) is 37.8 Å². The predicted octanol–water partition coefficient (Wildman–Crippen LogP) is 3.72. The van der Waals surface area contributed by atoms with Crippen LogP contribution in [0.3, 0.4) is 0 Å². The largest absolute Gasteiger partial charge is 0.515 e. The molecule has 2 rings (SSSR count). The van der Waals surface area contributed by atoms with Crippen molar-refractivity contribution in [2.45, 2.75) is 33.6 Å². The van der Waals surface area contributed by atoms with Gasteiger partial charge in [0, 0.05) is 16.6 Å². The van der Waals surface area contributed by atoms with Crippen LogP contribution < -0.4 is 10.5 Å². The number of aryl methyl sites for hydroxylation is 1. The second-order valence-corrected chi connectivity index (χ2v) is 5.01. The molecular formula is C15H20N2O3. The molecule has 0 aliphatic heterocycles. The minimum absolute atomic E-state index is 0.275. The Labute approximate surface area is 118 Å². The van der Waals surface area contributed by atoms with Gasteiger partial charge in [-0.1, -0.05) is 19.9 Å². The van der Waals surface area contributed by atoms with Gasteiger partial charge in [0.15, 0.2) is 0 Å². The van der Waals surface area contributed by atoms with E-state index in [-0.39, 0.29) is 6.61 Å². The molecule has 108 valence electrons. The number of nitrogens with two attached hydrogens (primary N) is 1. The summed E-state index contributed by atoms with van der Waals surface area (Å²) in [7, 11) is 0. The summed E-state index contributed by atoms with van der Waals surface area (Å²) in [6.07, 6.45) is -0.716. The van der Waals surface area contributed by atoms with Crippen molar-refractivity contribution in [3.05, 3.63) is 23.3 Å². The molecule has 0 aliphatic carbocycles. The molecule has 1 aromatic heterocycles. The van der Waals surface area contributed by atoms with Gasteiger partial charge >= 0.3 is 6.16 Å². The molecule has 1 aromatic carbocycles. The number of aromatic nitrogens is 1. The first-order valence-corrected chi connectivity index (χ1v) is 6.71. The Balaban J connectivity index is 2.53. The number of fused-ring (bicyclic) bond motifs is 1. The zero-order chi connectivity index (χ0) is 14.9. The summed E-state index contributed by atoms with van der Waals surface area (Å²) in [5.41, 5.74) is 9.56. The first-order chi connectivity index (χ1) is 9.45. The number of H-pyrrole nitrogens is 1. The highest BCUT2D eigenvalue weighted by atomic mass is 16.7. The van der Waals surface area contributed by atoms with Crippen LogP contribution in [0.5, 0.6) is 5.88 Å². The maximum Gasteiger partial charge on any atom is 0.515 e. The molecule has 5 heteroatoms. The fourth-order valence-electron chi connectivity index (χ4n) is 2.31. The fourth-order valence-corrected chi connectivity index (χ4v) is 2.31.